The lowest BCUT2D eigenvalue weighted by atomic mass is 9.95. The highest BCUT2D eigenvalue weighted by Crippen LogP contribution is 2.36. The Morgan fingerprint density at radius 3 is 2.75 bits per heavy atom. The molecule has 1 saturated carbocycles. The van der Waals surface area contributed by atoms with Gasteiger partial charge in [-0.15, -0.1) is 10.2 Å². The minimum Gasteiger partial charge on any atom is -0.481 e. The third kappa shape index (κ3) is 3.15. The Morgan fingerprint density at radius 2 is 2.15 bits per heavy atom. The van der Waals surface area contributed by atoms with Gasteiger partial charge in [0.25, 0.3) is 0 Å². The number of nitrogens with one attached hydrogen (secondary N) is 1. The van der Waals surface area contributed by atoms with E-state index in [0.29, 0.717) is 25.8 Å². The molecule has 0 aliphatic heterocycles. The number of aliphatic carboxylic acids is 1. The predicted molar refractivity (Wildman–Crippen MR) is 70.7 cm³/mol. The molecule has 1 aliphatic carbocycles. The number of amides is 1. The molecule has 3 atom stereocenters. The van der Waals surface area contributed by atoms with Crippen LogP contribution in [0.15, 0.2) is 6.33 Å². The van der Waals surface area contributed by atoms with Crippen molar-refractivity contribution >= 4 is 11.9 Å². The molecule has 7 nitrogen and oxygen atoms in total. The first-order valence-corrected chi connectivity index (χ1v) is 6.82. The largest absolute Gasteiger partial charge is 0.481 e. The molecule has 110 valence electrons. The van der Waals surface area contributed by atoms with Gasteiger partial charge in [-0.2, -0.15) is 0 Å². The molecule has 1 unspecified atom stereocenters. The molecular formula is C13H20N4O3. The molecule has 1 amide bonds. The van der Waals surface area contributed by atoms with Gasteiger partial charge in [0.05, 0.1) is 11.8 Å². The van der Waals surface area contributed by atoms with E-state index in [0.717, 1.165) is 5.82 Å². The third-order valence-corrected chi connectivity index (χ3v) is 3.91. The molecule has 1 aliphatic rings. The second-order valence-corrected chi connectivity index (χ2v) is 5.53. The van der Waals surface area contributed by atoms with Gasteiger partial charge in [-0.3, -0.25) is 9.59 Å². The number of aryl methyl sites for hydroxylation is 1. The minimum absolute atomic E-state index is 0.163. The topological polar surface area (TPSA) is 97.1 Å². The molecule has 0 aromatic carbocycles. The van der Waals surface area contributed by atoms with Crippen molar-refractivity contribution in [2.45, 2.75) is 26.2 Å². The Labute approximate surface area is 117 Å². The molecule has 1 heterocycles. The van der Waals surface area contributed by atoms with E-state index >= 15 is 0 Å². The average molecular weight is 280 g/mol. The highest BCUT2D eigenvalue weighted by molar-refractivity contribution is 5.85. The van der Waals surface area contributed by atoms with E-state index in [1.165, 1.54) is 0 Å². The zero-order chi connectivity index (χ0) is 14.7. The lowest BCUT2D eigenvalue weighted by Crippen LogP contribution is -2.36. The van der Waals surface area contributed by atoms with Gasteiger partial charge in [-0.25, -0.2) is 0 Å². The Balaban J connectivity index is 1.85. The summed E-state index contributed by atoms with van der Waals surface area (Å²) in [4.78, 5) is 23.3. The lowest BCUT2D eigenvalue weighted by molar-refractivity contribution is -0.146. The molecule has 2 N–H and O–H groups in total. The summed E-state index contributed by atoms with van der Waals surface area (Å²) in [5.74, 6) is -0.931. The summed E-state index contributed by atoms with van der Waals surface area (Å²) in [7, 11) is 1.84. The Morgan fingerprint density at radius 1 is 1.45 bits per heavy atom. The van der Waals surface area contributed by atoms with E-state index < -0.39 is 17.8 Å². The number of rotatable bonds is 5. The summed E-state index contributed by atoms with van der Waals surface area (Å²) >= 11 is 0. The van der Waals surface area contributed by atoms with Crippen LogP contribution in [0, 0.1) is 17.8 Å². The first-order chi connectivity index (χ1) is 9.49. The third-order valence-electron chi connectivity index (χ3n) is 3.91. The maximum atomic E-state index is 12.1. The number of carbonyl (C=O) groups excluding carboxylic acids is 1. The molecule has 0 spiro atoms. The van der Waals surface area contributed by atoms with Gasteiger partial charge in [0.1, 0.15) is 12.2 Å². The molecule has 1 aromatic rings. The van der Waals surface area contributed by atoms with Gasteiger partial charge < -0.3 is 15.0 Å². The number of hydrogen-bond donors (Lipinski definition) is 2. The second kappa shape index (κ2) is 6.02. The van der Waals surface area contributed by atoms with Gasteiger partial charge in [0.2, 0.25) is 5.91 Å². The first-order valence-electron chi connectivity index (χ1n) is 6.82. The van der Waals surface area contributed by atoms with Crippen LogP contribution in [0.2, 0.25) is 0 Å². The summed E-state index contributed by atoms with van der Waals surface area (Å²) in [5.41, 5.74) is 0. The summed E-state index contributed by atoms with van der Waals surface area (Å²) < 4.78 is 1.80. The summed E-state index contributed by atoms with van der Waals surface area (Å²) in [6, 6.07) is 0. The van der Waals surface area contributed by atoms with Gasteiger partial charge >= 0.3 is 5.97 Å². The summed E-state index contributed by atoms with van der Waals surface area (Å²) in [6.45, 7) is 2.44. The maximum Gasteiger partial charge on any atom is 0.307 e. The van der Waals surface area contributed by atoms with Crippen molar-refractivity contribution < 1.29 is 14.7 Å². The quantitative estimate of drug-likeness (QED) is 0.804. The van der Waals surface area contributed by atoms with Crippen molar-refractivity contribution in [3.63, 3.8) is 0 Å². The molecule has 2 rings (SSSR count). The van der Waals surface area contributed by atoms with E-state index in [4.69, 9.17) is 5.11 Å². The molecule has 1 fully saturated rings. The van der Waals surface area contributed by atoms with E-state index in [2.05, 4.69) is 15.5 Å². The number of carboxylic acids is 1. The van der Waals surface area contributed by atoms with E-state index in [-0.39, 0.29) is 11.8 Å². The van der Waals surface area contributed by atoms with Gasteiger partial charge in [-0.1, -0.05) is 6.92 Å². The van der Waals surface area contributed by atoms with Crippen LogP contribution in [-0.4, -0.2) is 38.3 Å². The van der Waals surface area contributed by atoms with Crippen LogP contribution >= 0.6 is 0 Å². The Kier molecular flexibility index (Phi) is 4.36. The molecule has 0 radical (unpaired) electrons. The molecule has 7 heteroatoms. The standard InChI is InChI=1S/C13H20N4O3/c1-8-5-9(10(6-8)13(19)20)12(18)14-4-3-11-16-15-7-17(11)2/h7-10H,3-6H2,1-2H3,(H,14,18)(H,19,20)/t8?,9-,10+/m0/s1. The minimum atomic E-state index is -0.872. The molecule has 0 bridgehead atoms. The molecule has 20 heavy (non-hydrogen) atoms. The number of hydrogen-bond acceptors (Lipinski definition) is 4. The lowest BCUT2D eigenvalue weighted by Gasteiger charge is -2.15. The van der Waals surface area contributed by atoms with Crippen LogP contribution < -0.4 is 5.32 Å². The van der Waals surface area contributed by atoms with E-state index in [9.17, 15) is 9.59 Å². The number of aromatic nitrogens is 3. The fourth-order valence-corrected chi connectivity index (χ4v) is 2.82. The fraction of sp³-hybridized carbons (Fsp3) is 0.692. The van der Waals surface area contributed by atoms with E-state index in [1.807, 2.05) is 14.0 Å². The van der Waals surface area contributed by atoms with Crippen molar-refractivity contribution in [2.24, 2.45) is 24.8 Å². The van der Waals surface area contributed by atoms with Crippen molar-refractivity contribution in [2.75, 3.05) is 6.54 Å². The van der Waals surface area contributed by atoms with Crippen LogP contribution in [0.5, 0.6) is 0 Å². The first kappa shape index (κ1) is 14.5. The maximum absolute atomic E-state index is 12.1. The van der Waals surface area contributed by atoms with Crippen LogP contribution in [0.3, 0.4) is 0 Å². The van der Waals surface area contributed by atoms with Crippen LogP contribution in [0.4, 0.5) is 0 Å². The SMILES string of the molecule is CC1C[C@H](C(=O)NCCc2nncn2C)[C@H](C(=O)O)C1. The summed E-state index contributed by atoms with van der Waals surface area (Å²) in [6.07, 6.45) is 3.42. The molecular weight excluding hydrogens is 260 g/mol. The smallest absolute Gasteiger partial charge is 0.307 e. The van der Waals surface area contributed by atoms with Gasteiger partial charge in [0, 0.05) is 20.0 Å². The highest BCUT2D eigenvalue weighted by Gasteiger charge is 2.40. The highest BCUT2D eigenvalue weighted by atomic mass is 16.4. The van der Waals surface area contributed by atoms with Gasteiger partial charge in [-0.05, 0) is 18.8 Å². The number of carbonyl (C=O) groups is 2. The second-order valence-electron chi connectivity index (χ2n) is 5.53. The monoisotopic (exact) mass is 280 g/mol. The van der Waals surface area contributed by atoms with Crippen LogP contribution in [0.1, 0.15) is 25.6 Å². The summed E-state index contributed by atoms with van der Waals surface area (Å²) in [5, 5.41) is 19.7. The van der Waals surface area contributed by atoms with Crippen LogP contribution in [0.25, 0.3) is 0 Å². The zero-order valence-electron chi connectivity index (χ0n) is 11.7. The van der Waals surface area contributed by atoms with Crippen molar-refractivity contribution in [3.05, 3.63) is 12.2 Å². The Hall–Kier alpha value is -1.92. The number of nitrogens with zero attached hydrogens (tertiary/aromatic N) is 3. The fourth-order valence-electron chi connectivity index (χ4n) is 2.82. The normalized spacial score (nSPS) is 25.6. The predicted octanol–water partition coefficient (Wildman–Crippen LogP) is 0.221. The van der Waals surface area contributed by atoms with Gasteiger partial charge in [0.15, 0.2) is 0 Å². The Bertz CT molecular complexity index is 500. The van der Waals surface area contributed by atoms with Crippen molar-refractivity contribution in [1.29, 1.82) is 0 Å². The average Bonchev–Trinajstić information content (AvgIpc) is 2.96. The molecule has 0 saturated heterocycles. The van der Waals surface area contributed by atoms with Crippen molar-refractivity contribution in [3.8, 4) is 0 Å². The van der Waals surface area contributed by atoms with E-state index in [1.54, 1.807) is 10.9 Å². The molecule has 1 aromatic heterocycles. The number of carboxylic acid groups (broad SMARTS) is 1. The van der Waals surface area contributed by atoms with Crippen molar-refractivity contribution in [1.82, 2.24) is 20.1 Å². The van der Waals surface area contributed by atoms with Crippen LogP contribution in [-0.2, 0) is 23.1 Å². The zero-order valence-corrected chi connectivity index (χ0v) is 11.7.